The lowest BCUT2D eigenvalue weighted by atomic mass is 9.79. The molecule has 182 valence electrons. The second-order valence-electron chi connectivity index (χ2n) is 9.62. The first-order valence-corrected chi connectivity index (χ1v) is 11.8. The Bertz CT molecular complexity index is 1190. The zero-order valence-electron chi connectivity index (χ0n) is 19.9. The molecule has 0 bridgehead atoms. The van der Waals surface area contributed by atoms with E-state index in [2.05, 4.69) is 44.4 Å². The van der Waals surface area contributed by atoms with E-state index < -0.39 is 0 Å². The fourth-order valence-corrected chi connectivity index (χ4v) is 5.30. The lowest BCUT2D eigenvalue weighted by molar-refractivity contribution is -0.136. The normalized spacial score (nSPS) is 21.1. The van der Waals surface area contributed by atoms with Gasteiger partial charge in [-0.1, -0.05) is 6.58 Å². The number of amides is 1. The molecule has 0 aliphatic carbocycles. The van der Waals surface area contributed by atoms with E-state index in [1.807, 2.05) is 0 Å². The van der Waals surface area contributed by atoms with E-state index in [0.29, 0.717) is 55.1 Å². The average molecular weight is 476 g/mol. The molecule has 5 rings (SSSR count). The predicted octanol–water partition coefficient (Wildman–Crippen LogP) is 1.09. The Hall–Kier alpha value is -3.78. The van der Waals surface area contributed by atoms with Gasteiger partial charge in [-0.05, 0) is 45.0 Å². The minimum absolute atomic E-state index is 0.0105. The van der Waals surface area contributed by atoms with Crippen molar-refractivity contribution in [2.75, 3.05) is 57.0 Å². The number of likely N-dealkylation sites (tertiary alicyclic amines) is 2. The van der Waals surface area contributed by atoms with Gasteiger partial charge in [0.1, 0.15) is 23.9 Å². The number of anilines is 2. The highest BCUT2D eigenvalue weighted by Crippen LogP contribution is 2.42. The number of nitrogen functional groups attached to an aromatic ring is 1. The summed E-state index contributed by atoms with van der Waals surface area (Å²) in [5.41, 5.74) is 6.95. The third-order valence-electron chi connectivity index (χ3n) is 7.25. The quantitative estimate of drug-likeness (QED) is 0.604. The van der Waals surface area contributed by atoms with Crippen molar-refractivity contribution in [3.63, 3.8) is 0 Å². The van der Waals surface area contributed by atoms with Crippen LogP contribution in [0, 0.1) is 16.7 Å². The third-order valence-corrected chi connectivity index (χ3v) is 7.25. The molecule has 35 heavy (non-hydrogen) atoms. The summed E-state index contributed by atoms with van der Waals surface area (Å²) in [5, 5.41) is 10.1. The SMILES string of the molecule is C=CC(=O)N1CC2(CCN(c3nc(OCC4CCCN4C)nc(-c4ccnc(N)n4)c3C#N)C2)C1. The zero-order valence-corrected chi connectivity index (χ0v) is 19.9. The summed E-state index contributed by atoms with van der Waals surface area (Å²) in [7, 11) is 2.09. The topological polar surface area (TPSA) is 137 Å². The molecular weight excluding hydrogens is 446 g/mol. The molecule has 1 amide bonds. The fraction of sp³-hybridized carbons (Fsp3) is 0.500. The maximum Gasteiger partial charge on any atom is 0.319 e. The van der Waals surface area contributed by atoms with Gasteiger partial charge in [-0.25, -0.2) is 9.97 Å². The van der Waals surface area contributed by atoms with Crippen LogP contribution >= 0.6 is 0 Å². The lowest BCUT2D eigenvalue weighted by Gasteiger charge is -2.47. The van der Waals surface area contributed by atoms with Crippen molar-refractivity contribution in [3.05, 3.63) is 30.5 Å². The van der Waals surface area contributed by atoms with Crippen LogP contribution in [0.2, 0.25) is 0 Å². The molecule has 1 atom stereocenters. The number of carbonyl (C=O) groups excluding carboxylic acids is 1. The molecule has 2 aromatic rings. The van der Waals surface area contributed by atoms with Crippen molar-refractivity contribution in [1.29, 1.82) is 5.26 Å². The molecule has 3 fully saturated rings. The van der Waals surface area contributed by atoms with Crippen LogP contribution in [0.15, 0.2) is 24.9 Å². The molecule has 0 aromatic carbocycles. The van der Waals surface area contributed by atoms with Crippen molar-refractivity contribution >= 4 is 17.7 Å². The summed E-state index contributed by atoms with van der Waals surface area (Å²) in [6.07, 6.45) is 5.99. The minimum Gasteiger partial charge on any atom is -0.462 e. The number of nitrogens with two attached hydrogens (primary N) is 1. The first kappa shape index (κ1) is 23.0. The summed E-state index contributed by atoms with van der Waals surface area (Å²) in [4.78, 5) is 35.6. The highest BCUT2D eigenvalue weighted by atomic mass is 16.5. The van der Waals surface area contributed by atoms with Gasteiger partial charge in [0.2, 0.25) is 11.9 Å². The van der Waals surface area contributed by atoms with Gasteiger partial charge in [0.05, 0.1) is 5.69 Å². The molecule has 11 heteroatoms. The van der Waals surface area contributed by atoms with Crippen molar-refractivity contribution < 1.29 is 9.53 Å². The largest absolute Gasteiger partial charge is 0.462 e. The summed E-state index contributed by atoms with van der Waals surface area (Å²) < 4.78 is 6.07. The summed E-state index contributed by atoms with van der Waals surface area (Å²) in [6.45, 7) is 7.85. The van der Waals surface area contributed by atoms with Gasteiger partial charge in [-0.3, -0.25) is 4.79 Å². The van der Waals surface area contributed by atoms with Gasteiger partial charge in [0.25, 0.3) is 0 Å². The number of carbonyl (C=O) groups is 1. The van der Waals surface area contributed by atoms with Crippen LogP contribution in [-0.2, 0) is 4.79 Å². The number of rotatable bonds is 6. The number of likely N-dealkylation sites (N-methyl/N-ethyl adjacent to an activating group) is 1. The molecule has 3 saturated heterocycles. The predicted molar refractivity (Wildman–Crippen MR) is 129 cm³/mol. The Morgan fingerprint density at radius 3 is 2.86 bits per heavy atom. The summed E-state index contributed by atoms with van der Waals surface area (Å²) >= 11 is 0. The maximum atomic E-state index is 12.0. The van der Waals surface area contributed by atoms with Crippen LogP contribution in [0.5, 0.6) is 6.01 Å². The van der Waals surface area contributed by atoms with Gasteiger partial charge in [-0.15, -0.1) is 0 Å². The summed E-state index contributed by atoms with van der Waals surface area (Å²) in [5.74, 6) is 0.572. The monoisotopic (exact) mass is 475 g/mol. The second-order valence-corrected chi connectivity index (χ2v) is 9.62. The molecule has 11 nitrogen and oxygen atoms in total. The van der Waals surface area contributed by atoms with E-state index in [0.717, 1.165) is 32.4 Å². The van der Waals surface area contributed by atoms with Crippen molar-refractivity contribution in [1.82, 2.24) is 29.7 Å². The van der Waals surface area contributed by atoms with E-state index in [-0.39, 0.29) is 23.3 Å². The van der Waals surface area contributed by atoms with Gasteiger partial charge in [-0.2, -0.15) is 15.2 Å². The number of nitrogens with zero attached hydrogens (tertiary/aromatic N) is 8. The number of hydrogen-bond acceptors (Lipinski definition) is 10. The van der Waals surface area contributed by atoms with E-state index in [4.69, 9.17) is 15.5 Å². The van der Waals surface area contributed by atoms with Crippen molar-refractivity contribution in [3.8, 4) is 23.5 Å². The van der Waals surface area contributed by atoms with E-state index in [1.54, 1.807) is 17.2 Å². The lowest BCUT2D eigenvalue weighted by Crippen LogP contribution is -2.59. The Kier molecular flexibility index (Phi) is 5.98. The summed E-state index contributed by atoms with van der Waals surface area (Å²) in [6, 6.07) is 4.47. The van der Waals surface area contributed by atoms with Crippen LogP contribution in [0.25, 0.3) is 11.4 Å². The maximum absolute atomic E-state index is 12.0. The van der Waals surface area contributed by atoms with Crippen molar-refractivity contribution in [2.24, 2.45) is 5.41 Å². The molecule has 3 aliphatic heterocycles. The first-order chi connectivity index (χ1) is 16.9. The molecule has 2 N–H and O–H groups in total. The molecule has 3 aliphatic rings. The number of nitriles is 1. The standard InChI is InChI=1S/C24H29N9O2/c1-3-19(34)33-14-24(15-33)7-10-32(13-24)21-17(11-25)20(18-6-8-27-22(26)28-18)29-23(30-21)35-12-16-5-4-9-31(16)2/h3,6,8,16H,1,4-5,7,9-10,12-15H2,2H3,(H2,26,27,28). The highest BCUT2D eigenvalue weighted by Gasteiger charge is 2.49. The van der Waals surface area contributed by atoms with Gasteiger partial charge in [0, 0.05) is 43.8 Å². The van der Waals surface area contributed by atoms with Crippen LogP contribution in [0.3, 0.4) is 0 Å². The molecule has 0 saturated carbocycles. The fourth-order valence-electron chi connectivity index (χ4n) is 5.30. The van der Waals surface area contributed by atoms with Crippen molar-refractivity contribution in [2.45, 2.75) is 25.3 Å². The minimum atomic E-state index is -0.0509. The third kappa shape index (κ3) is 4.37. The highest BCUT2D eigenvalue weighted by molar-refractivity contribution is 5.87. The molecule has 0 radical (unpaired) electrons. The average Bonchev–Trinajstić information content (AvgIpc) is 3.47. The number of ether oxygens (including phenoxy) is 1. The first-order valence-electron chi connectivity index (χ1n) is 11.8. The number of aromatic nitrogens is 4. The van der Waals surface area contributed by atoms with Gasteiger partial charge < -0.3 is 25.2 Å². The Labute approximate surface area is 204 Å². The Morgan fingerprint density at radius 1 is 1.34 bits per heavy atom. The van der Waals surface area contributed by atoms with Gasteiger partial charge >= 0.3 is 6.01 Å². The molecule has 5 heterocycles. The molecule has 2 aromatic heterocycles. The van der Waals surface area contributed by atoms with Gasteiger partial charge in [0.15, 0.2) is 5.82 Å². The van der Waals surface area contributed by atoms with E-state index in [1.165, 1.54) is 6.08 Å². The Balaban J connectivity index is 1.46. The number of hydrogen-bond donors (Lipinski definition) is 1. The smallest absolute Gasteiger partial charge is 0.319 e. The van der Waals surface area contributed by atoms with Crippen LogP contribution in [0.1, 0.15) is 24.8 Å². The van der Waals surface area contributed by atoms with Crippen LogP contribution < -0.4 is 15.4 Å². The Morgan fingerprint density at radius 2 is 2.17 bits per heavy atom. The second kappa shape index (κ2) is 9.11. The van der Waals surface area contributed by atoms with E-state index in [9.17, 15) is 10.1 Å². The van der Waals surface area contributed by atoms with Crippen LogP contribution in [-0.4, -0.2) is 88.1 Å². The van der Waals surface area contributed by atoms with Crippen LogP contribution in [0.4, 0.5) is 11.8 Å². The molecule has 1 spiro atoms. The molecule has 1 unspecified atom stereocenters. The molecular formula is C24H29N9O2. The van der Waals surface area contributed by atoms with E-state index >= 15 is 0 Å². The zero-order chi connectivity index (χ0) is 24.6.